The number of amides is 1. The number of hydrogen-bond acceptors (Lipinski definition) is 7. The number of nitrogens with one attached hydrogen (secondary N) is 1. The maximum Gasteiger partial charge on any atom is 0.271 e. The third-order valence-electron chi connectivity index (χ3n) is 4.72. The van der Waals surface area contributed by atoms with Crippen molar-refractivity contribution in [1.29, 1.82) is 0 Å². The van der Waals surface area contributed by atoms with Crippen molar-refractivity contribution in [3.63, 3.8) is 0 Å². The summed E-state index contributed by atoms with van der Waals surface area (Å²) in [5.41, 5.74) is 4.78. The standard InChI is InChI=1S/C26H27N3O5/c1-4-5-19-6-8-22(24(16-19)31-2)33-14-15-34-23-9-7-20(17-25(23)32-3)18-28-29-26(30)21-10-12-27-13-11-21/h4,6-13,16-18H,1,5,14-15H2,2-3H3,(H,29,30). The first kappa shape index (κ1) is 24.3. The zero-order valence-electron chi connectivity index (χ0n) is 19.2. The fourth-order valence-electron chi connectivity index (χ4n) is 3.05. The number of carbonyl (C=O) groups excluding carboxylic acids is 1. The second kappa shape index (κ2) is 12.6. The summed E-state index contributed by atoms with van der Waals surface area (Å²) in [6.45, 7) is 4.38. The van der Waals surface area contributed by atoms with Crippen molar-refractivity contribution < 1.29 is 23.7 Å². The molecule has 0 fully saturated rings. The van der Waals surface area contributed by atoms with Crippen LogP contribution < -0.4 is 24.4 Å². The van der Waals surface area contributed by atoms with Crippen molar-refractivity contribution in [2.45, 2.75) is 6.42 Å². The topological polar surface area (TPSA) is 91.3 Å². The van der Waals surface area contributed by atoms with E-state index in [9.17, 15) is 4.79 Å². The Bertz CT molecular complexity index is 1130. The number of hydrazone groups is 1. The number of carbonyl (C=O) groups is 1. The Kier molecular flexibility index (Phi) is 9.04. The number of aromatic nitrogens is 1. The fourth-order valence-corrected chi connectivity index (χ4v) is 3.05. The molecular weight excluding hydrogens is 434 g/mol. The Balaban J connectivity index is 1.53. The molecule has 0 atom stereocenters. The summed E-state index contributed by atoms with van der Waals surface area (Å²) in [7, 11) is 3.16. The van der Waals surface area contributed by atoms with Gasteiger partial charge in [-0.3, -0.25) is 9.78 Å². The molecule has 176 valence electrons. The summed E-state index contributed by atoms with van der Waals surface area (Å²) < 4.78 is 22.5. The summed E-state index contributed by atoms with van der Waals surface area (Å²) >= 11 is 0. The Morgan fingerprint density at radius 1 is 0.941 bits per heavy atom. The number of benzene rings is 2. The van der Waals surface area contributed by atoms with E-state index >= 15 is 0 Å². The lowest BCUT2D eigenvalue weighted by Crippen LogP contribution is -2.17. The first-order valence-electron chi connectivity index (χ1n) is 10.6. The zero-order chi connectivity index (χ0) is 24.2. The van der Waals surface area contributed by atoms with Crippen molar-refractivity contribution >= 4 is 12.1 Å². The van der Waals surface area contributed by atoms with Crippen LogP contribution in [0.2, 0.25) is 0 Å². The minimum absolute atomic E-state index is 0.309. The van der Waals surface area contributed by atoms with E-state index in [1.54, 1.807) is 50.9 Å². The van der Waals surface area contributed by atoms with Crippen LogP contribution in [0.5, 0.6) is 23.0 Å². The van der Waals surface area contributed by atoms with E-state index < -0.39 is 0 Å². The molecule has 8 heteroatoms. The smallest absolute Gasteiger partial charge is 0.271 e. The van der Waals surface area contributed by atoms with Gasteiger partial charge >= 0.3 is 0 Å². The molecule has 0 radical (unpaired) electrons. The number of ether oxygens (including phenoxy) is 4. The molecule has 0 aliphatic carbocycles. The lowest BCUT2D eigenvalue weighted by Gasteiger charge is -2.14. The van der Waals surface area contributed by atoms with E-state index in [0.29, 0.717) is 41.8 Å². The SMILES string of the molecule is C=CCc1ccc(OCCOc2ccc(C=NNC(=O)c3ccncc3)cc2OC)c(OC)c1. The Morgan fingerprint density at radius 2 is 1.59 bits per heavy atom. The van der Waals surface area contributed by atoms with E-state index in [-0.39, 0.29) is 5.91 Å². The Labute approximate surface area is 198 Å². The van der Waals surface area contributed by atoms with Crippen LogP contribution in [-0.4, -0.2) is 44.5 Å². The lowest BCUT2D eigenvalue weighted by molar-refractivity contribution is 0.0955. The predicted octanol–water partition coefficient (Wildman–Crippen LogP) is 4.05. The fraction of sp³-hybridized carbons (Fsp3) is 0.192. The van der Waals surface area contributed by atoms with E-state index in [4.69, 9.17) is 18.9 Å². The first-order valence-corrected chi connectivity index (χ1v) is 10.6. The third kappa shape index (κ3) is 6.83. The largest absolute Gasteiger partial charge is 0.493 e. The van der Waals surface area contributed by atoms with E-state index in [1.165, 1.54) is 6.21 Å². The highest BCUT2D eigenvalue weighted by atomic mass is 16.5. The van der Waals surface area contributed by atoms with Crippen molar-refractivity contribution in [1.82, 2.24) is 10.4 Å². The normalized spacial score (nSPS) is 10.5. The quantitative estimate of drug-likeness (QED) is 0.189. The molecule has 0 saturated heterocycles. The highest BCUT2D eigenvalue weighted by Gasteiger charge is 2.08. The molecule has 2 aromatic carbocycles. The van der Waals surface area contributed by atoms with Crippen LogP contribution in [0.4, 0.5) is 0 Å². The molecule has 3 aromatic rings. The molecule has 0 aliphatic heterocycles. The second-order valence-corrected chi connectivity index (χ2v) is 7.02. The van der Waals surface area contributed by atoms with Crippen molar-refractivity contribution in [2.24, 2.45) is 5.10 Å². The maximum atomic E-state index is 12.0. The number of allylic oxidation sites excluding steroid dienone is 1. The van der Waals surface area contributed by atoms with Crippen molar-refractivity contribution in [2.75, 3.05) is 27.4 Å². The van der Waals surface area contributed by atoms with Gasteiger partial charge in [-0.25, -0.2) is 5.43 Å². The van der Waals surface area contributed by atoms with Gasteiger partial charge in [0.15, 0.2) is 23.0 Å². The molecule has 0 saturated carbocycles. The van der Waals surface area contributed by atoms with Gasteiger partial charge in [-0.1, -0.05) is 12.1 Å². The van der Waals surface area contributed by atoms with Gasteiger partial charge in [-0.05, 0) is 60.0 Å². The minimum atomic E-state index is -0.322. The average molecular weight is 462 g/mol. The molecule has 1 heterocycles. The van der Waals surface area contributed by atoms with Crippen LogP contribution in [0.15, 0.2) is 78.7 Å². The predicted molar refractivity (Wildman–Crippen MR) is 130 cm³/mol. The highest BCUT2D eigenvalue weighted by Crippen LogP contribution is 2.29. The van der Waals surface area contributed by atoms with Crippen LogP contribution in [0.25, 0.3) is 0 Å². The summed E-state index contributed by atoms with van der Waals surface area (Å²) in [4.78, 5) is 15.9. The monoisotopic (exact) mass is 461 g/mol. The average Bonchev–Trinajstić information content (AvgIpc) is 2.88. The number of rotatable bonds is 12. The summed E-state index contributed by atoms with van der Waals surface area (Å²) in [6, 6.07) is 14.3. The Morgan fingerprint density at radius 3 is 2.24 bits per heavy atom. The van der Waals surface area contributed by atoms with Crippen LogP contribution in [0.1, 0.15) is 21.5 Å². The van der Waals surface area contributed by atoms with Crippen LogP contribution in [-0.2, 0) is 6.42 Å². The van der Waals surface area contributed by atoms with Gasteiger partial charge in [0.2, 0.25) is 0 Å². The molecule has 8 nitrogen and oxygen atoms in total. The molecule has 1 aromatic heterocycles. The van der Waals surface area contributed by atoms with E-state index in [2.05, 4.69) is 22.1 Å². The van der Waals surface area contributed by atoms with Gasteiger partial charge in [-0.15, -0.1) is 6.58 Å². The molecule has 34 heavy (non-hydrogen) atoms. The number of nitrogens with zero attached hydrogens (tertiary/aromatic N) is 2. The lowest BCUT2D eigenvalue weighted by atomic mass is 10.1. The van der Waals surface area contributed by atoms with Crippen LogP contribution in [0.3, 0.4) is 0 Å². The number of hydrogen-bond donors (Lipinski definition) is 1. The van der Waals surface area contributed by atoms with Crippen molar-refractivity contribution in [3.8, 4) is 23.0 Å². The summed E-state index contributed by atoms with van der Waals surface area (Å²) in [5.74, 6) is 2.09. The third-order valence-corrected chi connectivity index (χ3v) is 4.72. The van der Waals surface area contributed by atoms with Gasteiger partial charge in [0.05, 0.1) is 20.4 Å². The molecule has 0 bridgehead atoms. The van der Waals surface area contributed by atoms with E-state index in [0.717, 1.165) is 17.5 Å². The zero-order valence-corrected chi connectivity index (χ0v) is 19.2. The number of methoxy groups -OCH3 is 2. The molecule has 0 unspecified atom stereocenters. The Hall–Kier alpha value is -4.33. The summed E-state index contributed by atoms with van der Waals surface area (Å²) in [5, 5.41) is 3.99. The van der Waals surface area contributed by atoms with Gasteiger partial charge in [0.1, 0.15) is 13.2 Å². The molecular formula is C26H27N3O5. The van der Waals surface area contributed by atoms with Gasteiger partial charge in [0.25, 0.3) is 5.91 Å². The maximum absolute atomic E-state index is 12.0. The van der Waals surface area contributed by atoms with Crippen LogP contribution >= 0.6 is 0 Å². The van der Waals surface area contributed by atoms with Crippen LogP contribution in [0, 0.1) is 0 Å². The summed E-state index contributed by atoms with van der Waals surface area (Å²) in [6.07, 6.45) is 7.22. The van der Waals surface area contributed by atoms with Crippen molar-refractivity contribution in [3.05, 3.63) is 90.3 Å². The van der Waals surface area contributed by atoms with E-state index in [1.807, 2.05) is 30.3 Å². The van der Waals surface area contributed by atoms with Gasteiger partial charge in [0, 0.05) is 18.0 Å². The molecule has 0 spiro atoms. The molecule has 3 rings (SSSR count). The molecule has 0 aliphatic rings. The minimum Gasteiger partial charge on any atom is -0.493 e. The molecule has 1 N–H and O–H groups in total. The molecule has 1 amide bonds. The highest BCUT2D eigenvalue weighted by molar-refractivity contribution is 5.94. The second-order valence-electron chi connectivity index (χ2n) is 7.02. The van der Waals surface area contributed by atoms with Gasteiger partial charge < -0.3 is 18.9 Å². The first-order chi connectivity index (χ1) is 16.6. The number of pyridine rings is 1. The van der Waals surface area contributed by atoms with Gasteiger partial charge in [-0.2, -0.15) is 5.10 Å².